The Morgan fingerprint density at radius 2 is 2.05 bits per heavy atom. The topological polar surface area (TPSA) is 68.4 Å². The summed E-state index contributed by atoms with van der Waals surface area (Å²) < 4.78 is 11.3. The zero-order valence-corrected chi connectivity index (χ0v) is 12.1. The number of carbonyl (C=O) groups is 1. The molecule has 5 nitrogen and oxygen atoms in total. The zero-order valence-electron chi connectivity index (χ0n) is 10.5. The van der Waals surface area contributed by atoms with E-state index in [1.54, 1.807) is 12.1 Å². The van der Waals surface area contributed by atoms with Gasteiger partial charge in [-0.1, -0.05) is 22.0 Å². The third-order valence-electron chi connectivity index (χ3n) is 2.42. The molecule has 0 saturated heterocycles. The highest BCUT2D eigenvalue weighted by molar-refractivity contribution is 9.10. The number of aromatic amines is 1. The highest BCUT2D eigenvalue weighted by atomic mass is 79.9. The van der Waals surface area contributed by atoms with Gasteiger partial charge in [-0.25, -0.2) is 4.79 Å². The quantitative estimate of drug-likeness (QED) is 0.671. The van der Waals surface area contributed by atoms with E-state index in [1.807, 2.05) is 18.2 Å². The fraction of sp³-hybridized carbons (Fsp3) is 0.143. The molecule has 1 heterocycles. The van der Waals surface area contributed by atoms with Crippen LogP contribution in [0.25, 0.3) is 0 Å². The van der Waals surface area contributed by atoms with Crippen LogP contribution in [0.1, 0.15) is 10.4 Å². The van der Waals surface area contributed by atoms with Crippen LogP contribution in [-0.2, 0) is 4.74 Å². The summed E-state index contributed by atoms with van der Waals surface area (Å²) in [5.41, 5.74) is -0.486. The minimum atomic E-state index is -0.662. The van der Waals surface area contributed by atoms with Crippen molar-refractivity contribution in [3.05, 3.63) is 63.0 Å². The number of rotatable bonds is 5. The van der Waals surface area contributed by atoms with Crippen molar-refractivity contribution in [2.75, 3.05) is 13.2 Å². The lowest BCUT2D eigenvalue weighted by Gasteiger charge is -2.07. The lowest BCUT2D eigenvalue weighted by molar-refractivity contribution is 0.0448. The molecule has 0 atom stereocenters. The molecule has 0 radical (unpaired) electrons. The van der Waals surface area contributed by atoms with Gasteiger partial charge in [0.1, 0.15) is 24.5 Å². The highest BCUT2D eigenvalue weighted by Crippen LogP contribution is 2.17. The first-order chi connectivity index (χ1) is 9.66. The van der Waals surface area contributed by atoms with Crippen LogP contribution in [0.4, 0.5) is 0 Å². The molecular weight excluding hydrogens is 326 g/mol. The van der Waals surface area contributed by atoms with E-state index >= 15 is 0 Å². The Bertz CT molecular complexity index is 653. The van der Waals surface area contributed by atoms with Crippen molar-refractivity contribution in [2.45, 2.75) is 0 Å². The minimum Gasteiger partial charge on any atom is -0.490 e. The van der Waals surface area contributed by atoms with E-state index in [0.717, 1.165) is 4.47 Å². The van der Waals surface area contributed by atoms with Gasteiger partial charge in [-0.15, -0.1) is 0 Å². The number of esters is 1. The second kappa shape index (κ2) is 6.91. The molecule has 104 valence electrons. The molecule has 1 N–H and O–H groups in total. The van der Waals surface area contributed by atoms with Crippen LogP contribution in [0.15, 0.2) is 51.9 Å². The van der Waals surface area contributed by atoms with Gasteiger partial charge < -0.3 is 14.5 Å². The van der Waals surface area contributed by atoms with Crippen molar-refractivity contribution in [3.8, 4) is 5.75 Å². The molecule has 0 spiro atoms. The standard InChI is InChI=1S/C14H12BrNO4/c15-10-3-1-4-11(9-10)19-7-8-20-14(18)12-5-2-6-16-13(12)17/h1-6,9H,7-8H2,(H,16,17). The van der Waals surface area contributed by atoms with Crippen molar-refractivity contribution >= 4 is 21.9 Å². The molecule has 20 heavy (non-hydrogen) atoms. The summed E-state index contributed by atoms with van der Waals surface area (Å²) in [5.74, 6) is 0.0117. The molecule has 0 saturated carbocycles. The molecule has 0 aliphatic heterocycles. The van der Waals surface area contributed by atoms with Gasteiger partial charge in [-0.3, -0.25) is 4.79 Å². The van der Waals surface area contributed by atoms with Crippen LogP contribution in [0.5, 0.6) is 5.75 Å². The van der Waals surface area contributed by atoms with Crippen molar-refractivity contribution in [1.29, 1.82) is 0 Å². The van der Waals surface area contributed by atoms with Crippen LogP contribution in [0, 0.1) is 0 Å². The van der Waals surface area contributed by atoms with Crippen LogP contribution >= 0.6 is 15.9 Å². The van der Waals surface area contributed by atoms with Gasteiger partial charge in [0.25, 0.3) is 5.56 Å². The van der Waals surface area contributed by atoms with Crippen molar-refractivity contribution < 1.29 is 14.3 Å². The molecule has 0 unspecified atom stereocenters. The van der Waals surface area contributed by atoms with E-state index in [-0.39, 0.29) is 18.8 Å². The van der Waals surface area contributed by atoms with E-state index in [9.17, 15) is 9.59 Å². The first-order valence-corrected chi connectivity index (χ1v) is 6.69. The highest BCUT2D eigenvalue weighted by Gasteiger charge is 2.10. The summed E-state index contributed by atoms with van der Waals surface area (Å²) in [6.07, 6.45) is 1.45. The lowest BCUT2D eigenvalue weighted by Crippen LogP contribution is -2.20. The van der Waals surface area contributed by atoms with Gasteiger partial charge in [-0.05, 0) is 30.3 Å². The van der Waals surface area contributed by atoms with Gasteiger partial charge in [0.15, 0.2) is 0 Å². The summed E-state index contributed by atoms with van der Waals surface area (Å²) in [5, 5.41) is 0. The number of pyridine rings is 1. The number of benzene rings is 1. The number of hydrogen-bond acceptors (Lipinski definition) is 4. The SMILES string of the molecule is O=C(OCCOc1cccc(Br)c1)c1ccc[nH]c1=O. The number of halogens is 1. The Kier molecular flexibility index (Phi) is 4.95. The second-order valence-corrected chi connectivity index (χ2v) is 4.77. The summed E-state index contributed by atoms with van der Waals surface area (Å²) in [4.78, 5) is 25.4. The molecule has 1 aromatic heterocycles. The van der Waals surface area contributed by atoms with Crippen LogP contribution < -0.4 is 10.3 Å². The Morgan fingerprint density at radius 1 is 1.20 bits per heavy atom. The van der Waals surface area contributed by atoms with Crippen molar-refractivity contribution in [1.82, 2.24) is 4.98 Å². The molecule has 2 aromatic rings. The third-order valence-corrected chi connectivity index (χ3v) is 2.91. The van der Waals surface area contributed by atoms with Gasteiger partial charge in [0.2, 0.25) is 0 Å². The fourth-order valence-corrected chi connectivity index (χ4v) is 1.89. The fourth-order valence-electron chi connectivity index (χ4n) is 1.51. The van der Waals surface area contributed by atoms with Crippen LogP contribution in [0.2, 0.25) is 0 Å². The van der Waals surface area contributed by atoms with Gasteiger partial charge >= 0.3 is 5.97 Å². The first kappa shape index (κ1) is 14.3. The number of ether oxygens (including phenoxy) is 2. The van der Waals surface area contributed by atoms with Crippen LogP contribution in [-0.4, -0.2) is 24.2 Å². The Morgan fingerprint density at radius 3 is 2.80 bits per heavy atom. The molecule has 0 bridgehead atoms. The van der Waals surface area contributed by atoms with Crippen molar-refractivity contribution in [2.24, 2.45) is 0 Å². The number of H-pyrrole nitrogens is 1. The predicted molar refractivity (Wildman–Crippen MR) is 77.0 cm³/mol. The van der Waals surface area contributed by atoms with Crippen molar-refractivity contribution in [3.63, 3.8) is 0 Å². The lowest BCUT2D eigenvalue weighted by atomic mass is 10.3. The van der Waals surface area contributed by atoms with E-state index in [1.165, 1.54) is 12.3 Å². The Labute approximate surface area is 123 Å². The van der Waals surface area contributed by atoms with E-state index in [0.29, 0.717) is 5.75 Å². The molecule has 2 rings (SSSR count). The maximum atomic E-state index is 11.6. The van der Waals surface area contributed by atoms with E-state index in [4.69, 9.17) is 9.47 Å². The first-order valence-electron chi connectivity index (χ1n) is 5.90. The third kappa shape index (κ3) is 3.96. The summed E-state index contributed by atoms with van der Waals surface area (Å²) in [6.45, 7) is 0.284. The molecule has 0 aliphatic rings. The predicted octanol–water partition coefficient (Wildman–Crippen LogP) is 2.37. The molecule has 1 aromatic carbocycles. The van der Waals surface area contributed by atoms with E-state index in [2.05, 4.69) is 20.9 Å². The second-order valence-electron chi connectivity index (χ2n) is 3.85. The molecule has 0 amide bonds. The van der Waals surface area contributed by atoms with E-state index < -0.39 is 11.5 Å². The molecule has 6 heteroatoms. The number of nitrogens with one attached hydrogen (secondary N) is 1. The average Bonchev–Trinajstić information content (AvgIpc) is 2.44. The average molecular weight is 338 g/mol. The summed E-state index contributed by atoms with van der Waals surface area (Å²) in [7, 11) is 0. The molecule has 0 aliphatic carbocycles. The van der Waals surface area contributed by atoms with Gasteiger partial charge in [0.05, 0.1) is 0 Å². The maximum Gasteiger partial charge on any atom is 0.343 e. The normalized spacial score (nSPS) is 10.1. The maximum absolute atomic E-state index is 11.6. The number of carbonyl (C=O) groups excluding carboxylic acids is 1. The van der Waals surface area contributed by atoms with Gasteiger partial charge in [0, 0.05) is 10.7 Å². The minimum absolute atomic E-state index is 0.0186. The zero-order chi connectivity index (χ0) is 14.4. The smallest absolute Gasteiger partial charge is 0.343 e. The van der Waals surface area contributed by atoms with Crippen LogP contribution in [0.3, 0.4) is 0 Å². The Hall–Kier alpha value is -2.08. The number of hydrogen-bond donors (Lipinski definition) is 1. The summed E-state index contributed by atoms with van der Waals surface area (Å²) in [6, 6.07) is 10.3. The largest absolute Gasteiger partial charge is 0.490 e. The summed E-state index contributed by atoms with van der Waals surface area (Å²) >= 11 is 3.33. The molecular formula is C14H12BrNO4. The molecule has 0 fully saturated rings. The number of aromatic nitrogens is 1. The Balaban J connectivity index is 1.80. The monoisotopic (exact) mass is 337 g/mol. The van der Waals surface area contributed by atoms with Gasteiger partial charge in [-0.2, -0.15) is 0 Å².